The summed E-state index contributed by atoms with van der Waals surface area (Å²) >= 11 is 0. The van der Waals surface area contributed by atoms with Crippen LogP contribution in [-0.4, -0.2) is 42.4 Å². The molecule has 1 aliphatic rings. The number of benzene rings is 1. The fraction of sp³-hybridized carbons (Fsp3) is 0.333. The Kier molecular flexibility index (Phi) is 4.38. The highest BCUT2D eigenvalue weighted by Crippen LogP contribution is 2.25. The third-order valence-electron chi connectivity index (χ3n) is 3.61. The summed E-state index contributed by atoms with van der Waals surface area (Å²) in [6.45, 7) is 2.45. The van der Waals surface area contributed by atoms with E-state index < -0.39 is 21.9 Å². The predicted octanol–water partition coefficient (Wildman–Crippen LogP) is 1.69. The van der Waals surface area contributed by atoms with Gasteiger partial charge in [-0.25, -0.2) is 22.8 Å². The molecule has 1 aromatic carbocycles. The maximum absolute atomic E-state index is 13.0. The molecular formula is C15H16FN3O3S. The molecule has 0 bridgehead atoms. The first kappa shape index (κ1) is 16.0. The minimum Gasteiger partial charge on any atom is -0.369 e. The highest BCUT2D eigenvalue weighted by Gasteiger charge is 2.32. The van der Waals surface area contributed by atoms with Gasteiger partial charge in [-0.15, -0.1) is 0 Å². The van der Waals surface area contributed by atoms with Crippen LogP contribution in [0.2, 0.25) is 0 Å². The minimum absolute atomic E-state index is 0.0680. The van der Waals surface area contributed by atoms with Crippen molar-refractivity contribution in [3.63, 3.8) is 0 Å². The van der Waals surface area contributed by atoms with Crippen LogP contribution >= 0.6 is 0 Å². The molecule has 1 aromatic heterocycles. The number of hydrogen-bond donors (Lipinski definition) is 0. The predicted molar refractivity (Wildman–Crippen MR) is 80.6 cm³/mol. The molecule has 1 fully saturated rings. The number of aryl methyl sites for hydroxylation is 1. The van der Waals surface area contributed by atoms with Gasteiger partial charge in [0.05, 0.1) is 17.2 Å². The van der Waals surface area contributed by atoms with E-state index in [-0.39, 0.29) is 24.6 Å². The third kappa shape index (κ3) is 3.39. The summed E-state index contributed by atoms with van der Waals surface area (Å²) in [5.41, 5.74) is 0.650. The summed E-state index contributed by atoms with van der Waals surface area (Å²) < 4.78 is 45.3. The van der Waals surface area contributed by atoms with Crippen LogP contribution in [0.1, 0.15) is 17.6 Å². The maximum Gasteiger partial charge on any atom is 0.243 e. The van der Waals surface area contributed by atoms with Crippen molar-refractivity contribution in [2.24, 2.45) is 0 Å². The number of halogens is 1. The summed E-state index contributed by atoms with van der Waals surface area (Å²) in [6.07, 6.45) is 1.18. The Morgan fingerprint density at radius 3 is 2.70 bits per heavy atom. The van der Waals surface area contributed by atoms with Crippen molar-refractivity contribution in [1.29, 1.82) is 0 Å². The van der Waals surface area contributed by atoms with Gasteiger partial charge in [-0.3, -0.25) is 0 Å². The van der Waals surface area contributed by atoms with Gasteiger partial charge >= 0.3 is 0 Å². The molecule has 0 amide bonds. The van der Waals surface area contributed by atoms with Gasteiger partial charge in [-0.2, -0.15) is 4.31 Å². The molecule has 0 radical (unpaired) electrons. The molecule has 1 atom stereocenters. The van der Waals surface area contributed by atoms with Gasteiger partial charge in [-0.1, -0.05) is 0 Å². The summed E-state index contributed by atoms with van der Waals surface area (Å²) in [5.74, 6) is 0.130. The van der Waals surface area contributed by atoms with Crippen LogP contribution in [0.5, 0.6) is 0 Å². The minimum atomic E-state index is -3.69. The standard InChI is InChI=1S/C15H16FN3O3S/c1-11-17-7-6-14(18-11)15-10-19(8-9-22-15)23(20,21)13-4-2-12(16)3-5-13/h2-7,15H,8-10H2,1H3. The molecule has 1 aliphatic heterocycles. The van der Waals surface area contributed by atoms with Crippen LogP contribution in [0.4, 0.5) is 4.39 Å². The van der Waals surface area contributed by atoms with E-state index in [2.05, 4.69) is 9.97 Å². The second-order valence-corrected chi connectivity index (χ2v) is 7.14. The summed E-state index contributed by atoms with van der Waals surface area (Å²) in [4.78, 5) is 8.38. The summed E-state index contributed by atoms with van der Waals surface area (Å²) in [7, 11) is -3.69. The number of sulfonamides is 1. The molecule has 1 saturated heterocycles. The lowest BCUT2D eigenvalue weighted by molar-refractivity contribution is -0.00509. The molecule has 0 spiro atoms. The van der Waals surface area contributed by atoms with E-state index in [0.29, 0.717) is 11.5 Å². The molecular weight excluding hydrogens is 321 g/mol. The van der Waals surface area contributed by atoms with E-state index in [1.165, 1.54) is 16.4 Å². The first-order chi connectivity index (χ1) is 11.0. The highest BCUT2D eigenvalue weighted by molar-refractivity contribution is 7.89. The van der Waals surface area contributed by atoms with E-state index >= 15 is 0 Å². The molecule has 0 aliphatic carbocycles. The zero-order chi connectivity index (χ0) is 16.4. The SMILES string of the molecule is Cc1nccc(C2CN(S(=O)(=O)c3ccc(F)cc3)CCO2)n1. The Balaban J connectivity index is 1.84. The number of ether oxygens (including phenoxy) is 1. The van der Waals surface area contributed by atoms with Crippen LogP contribution in [0.3, 0.4) is 0 Å². The monoisotopic (exact) mass is 337 g/mol. The Morgan fingerprint density at radius 2 is 2.00 bits per heavy atom. The van der Waals surface area contributed by atoms with Gasteiger partial charge in [0.15, 0.2) is 0 Å². The van der Waals surface area contributed by atoms with Crippen molar-refractivity contribution >= 4 is 10.0 Å². The Bertz CT molecular complexity index is 796. The van der Waals surface area contributed by atoms with E-state index in [4.69, 9.17) is 4.74 Å². The van der Waals surface area contributed by atoms with Gasteiger partial charge < -0.3 is 4.74 Å². The summed E-state index contributed by atoms with van der Waals surface area (Å²) in [5, 5.41) is 0. The van der Waals surface area contributed by atoms with Crippen molar-refractivity contribution in [1.82, 2.24) is 14.3 Å². The van der Waals surface area contributed by atoms with Crippen molar-refractivity contribution in [3.8, 4) is 0 Å². The fourth-order valence-corrected chi connectivity index (χ4v) is 3.86. The van der Waals surface area contributed by atoms with Gasteiger partial charge in [-0.05, 0) is 37.3 Å². The lowest BCUT2D eigenvalue weighted by atomic mass is 10.2. The number of hydrogen-bond acceptors (Lipinski definition) is 5. The first-order valence-corrected chi connectivity index (χ1v) is 8.58. The molecule has 6 nitrogen and oxygen atoms in total. The average Bonchev–Trinajstić information content (AvgIpc) is 2.55. The van der Waals surface area contributed by atoms with E-state index in [9.17, 15) is 12.8 Å². The van der Waals surface area contributed by atoms with Crippen molar-refractivity contribution in [3.05, 3.63) is 53.9 Å². The number of aromatic nitrogens is 2. The van der Waals surface area contributed by atoms with Gasteiger partial charge in [0.25, 0.3) is 0 Å². The molecule has 122 valence electrons. The normalized spacial score (nSPS) is 19.7. The average molecular weight is 337 g/mol. The molecule has 0 N–H and O–H groups in total. The third-order valence-corrected chi connectivity index (χ3v) is 5.49. The van der Waals surface area contributed by atoms with Gasteiger partial charge in [0.2, 0.25) is 10.0 Å². The zero-order valence-corrected chi connectivity index (χ0v) is 13.3. The smallest absolute Gasteiger partial charge is 0.243 e. The Morgan fingerprint density at radius 1 is 1.26 bits per heavy atom. The Labute approximate surface area is 134 Å². The molecule has 8 heteroatoms. The van der Waals surface area contributed by atoms with Crippen LogP contribution in [0.15, 0.2) is 41.4 Å². The first-order valence-electron chi connectivity index (χ1n) is 7.14. The number of morpholine rings is 1. The maximum atomic E-state index is 13.0. The van der Waals surface area contributed by atoms with Gasteiger partial charge in [0, 0.05) is 19.3 Å². The van der Waals surface area contributed by atoms with Crippen LogP contribution < -0.4 is 0 Å². The molecule has 1 unspecified atom stereocenters. The lowest BCUT2D eigenvalue weighted by Crippen LogP contribution is -2.42. The Hall–Kier alpha value is -1.90. The molecule has 2 aromatic rings. The highest BCUT2D eigenvalue weighted by atomic mass is 32.2. The molecule has 2 heterocycles. The van der Waals surface area contributed by atoms with Crippen molar-refractivity contribution in [2.45, 2.75) is 17.9 Å². The van der Waals surface area contributed by atoms with Crippen molar-refractivity contribution < 1.29 is 17.5 Å². The second kappa shape index (κ2) is 6.31. The van der Waals surface area contributed by atoms with E-state index in [1.54, 1.807) is 19.2 Å². The fourth-order valence-electron chi connectivity index (χ4n) is 2.43. The summed E-state index contributed by atoms with van der Waals surface area (Å²) in [6, 6.07) is 6.52. The lowest BCUT2D eigenvalue weighted by Gasteiger charge is -2.31. The topological polar surface area (TPSA) is 72.4 Å². The quantitative estimate of drug-likeness (QED) is 0.852. The largest absolute Gasteiger partial charge is 0.369 e. The van der Waals surface area contributed by atoms with Gasteiger partial charge in [0.1, 0.15) is 17.7 Å². The molecule has 0 saturated carbocycles. The second-order valence-electron chi connectivity index (χ2n) is 5.21. The van der Waals surface area contributed by atoms with Crippen LogP contribution in [0.25, 0.3) is 0 Å². The zero-order valence-electron chi connectivity index (χ0n) is 12.5. The van der Waals surface area contributed by atoms with E-state index in [1.807, 2.05) is 0 Å². The molecule has 23 heavy (non-hydrogen) atoms. The number of nitrogens with zero attached hydrogens (tertiary/aromatic N) is 3. The van der Waals surface area contributed by atoms with Crippen LogP contribution in [-0.2, 0) is 14.8 Å². The van der Waals surface area contributed by atoms with E-state index in [0.717, 1.165) is 12.1 Å². The van der Waals surface area contributed by atoms with Crippen molar-refractivity contribution in [2.75, 3.05) is 19.7 Å². The molecule has 3 rings (SSSR count). The number of rotatable bonds is 3. The van der Waals surface area contributed by atoms with Crippen LogP contribution in [0, 0.1) is 12.7 Å².